The highest BCUT2D eigenvalue weighted by Gasteiger charge is 2.40. The van der Waals surface area contributed by atoms with E-state index in [0.717, 1.165) is 12.1 Å². The Bertz CT molecular complexity index is 1320. The summed E-state index contributed by atoms with van der Waals surface area (Å²) in [6.07, 6.45) is 0.495. The van der Waals surface area contributed by atoms with E-state index in [1.807, 2.05) is 0 Å². The molecule has 3 aromatic rings. The molecule has 1 N–H and O–H groups in total. The third-order valence-corrected chi connectivity index (χ3v) is 7.89. The maximum Gasteiger partial charge on any atom is 0.387 e. The molecule has 1 aliphatic rings. The van der Waals surface area contributed by atoms with Crippen LogP contribution >= 0.6 is 0 Å². The van der Waals surface area contributed by atoms with Crippen LogP contribution in [0.1, 0.15) is 43.7 Å². The molecule has 1 fully saturated rings. The monoisotopic (exact) mass is 548 g/mol. The van der Waals surface area contributed by atoms with E-state index in [-0.39, 0.29) is 36.1 Å². The van der Waals surface area contributed by atoms with Gasteiger partial charge in [0.25, 0.3) is 11.8 Å². The van der Waals surface area contributed by atoms with Gasteiger partial charge in [0.2, 0.25) is 16.0 Å². The van der Waals surface area contributed by atoms with Crippen LogP contribution in [0.5, 0.6) is 5.75 Å². The zero-order valence-electron chi connectivity index (χ0n) is 19.2. The zero-order valence-corrected chi connectivity index (χ0v) is 20.0. The lowest BCUT2D eigenvalue weighted by Gasteiger charge is -2.27. The van der Waals surface area contributed by atoms with Crippen molar-refractivity contribution in [3.63, 3.8) is 0 Å². The van der Waals surface area contributed by atoms with E-state index in [0.29, 0.717) is 12.8 Å². The number of anilines is 1. The first-order valence-electron chi connectivity index (χ1n) is 11.0. The lowest BCUT2D eigenvalue weighted by atomic mass is 10.1. The fourth-order valence-corrected chi connectivity index (χ4v) is 5.36. The molecule has 0 radical (unpaired) electrons. The molecule has 1 aromatic carbocycles. The summed E-state index contributed by atoms with van der Waals surface area (Å²) in [6.45, 7) is -1.63. The summed E-state index contributed by atoms with van der Waals surface area (Å²) in [6, 6.07) is 2.06. The smallest absolute Gasteiger partial charge is 0.387 e. The van der Waals surface area contributed by atoms with Gasteiger partial charge in [0.05, 0.1) is 16.9 Å². The number of aromatic nitrogens is 4. The molecule has 1 aliphatic carbocycles. The molecule has 37 heavy (non-hydrogen) atoms. The molecular weight excluding hydrogens is 527 g/mol. The van der Waals surface area contributed by atoms with Crippen molar-refractivity contribution >= 4 is 16.0 Å². The molecule has 0 spiro atoms. The second-order valence-corrected chi connectivity index (χ2v) is 10.2. The Hall–Kier alpha value is -3.40. The van der Waals surface area contributed by atoms with Gasteiger partial charge in [-0.2, -0.15) is 21.9 Å². The number of rotatable bonds is 12. The Morgan fingerprint density at radius 1 is 1.16 bits per heavy atom. The van der Waals surface area contributed by atoms with Gasteiger partial charge in [-0.05, 0) is 18.9 Å². The number of sulfonamides is 1. The molecule has 0 saturated heterocycles. The largest absolute Gasteiger partial charge is 0.435 e. The maximum atomic E-state index is 15.0. The molecule has 1 atom stereocenters. The minimum Gasteiger partial charge on any atom is -0.435 e. The fourth-order valence-electron chi connectivity index (χ4n) is 3.49. The highest BCUT2D eigenvalue weighted by molar-refractivity contribution is 7.90. The average molecular weight is 548 g/mol. The lowest BCUT2D eigenvalue weighted by molar-refractivity contribution is -0.0500. The third kappa shape index (κ3) is 6.30. The topological polar surface area (TPSA) is 123 Å². The van der Waals surface area contributed by atoms with Crippen LogP contribution in [0.15, 0.2) is 35.0 Å². The summed E-state index contributed by atoms with van der Waals surface area (Å²) in [5.74, 6) is -2.50. The van der Waals surface area contributed by atoms with Gasteiger partial charge in [0.1, 0.15) is 11.6 Å². The molecule has 1 unspecified atom stereocenters. The van der Waals surface area contributed by atoms with Crippen molar-refractivity contribution in [3.8, 4) is 17.2 Å². The van der Waals surface area contributed by atoms with Crippen LogP contribution in [-0.4, -0.2) is 57.8 Å². The van der Waals surface area contributed by atoms with E-state index in [4.69, 9.17) is 4.42 Å². The number of alkyl halides is 4. The van der Waals surface area contributed by atoms with Gasteiger partial charge < -0.3 is 14.5 Å². The number of halogens is 5. The Balaban J connectivity index is 1.61. The normalized spacial score (nSPS) is 14.9. The Morgan fingerprint density at radius 3 is 2.41 bits per heavy atom. The molecule has 0 aliphatic heterocycles. The van der Waals surface area contributed by atoms with Crippen molar-refractivity contribution in [2.75, 3.05) is 18.4 Å². The lowest BCUT2D eigenvalue weighted by Crippen LogP contribution is -2.39. The number of hydrogen-bond donors (Lipinski definition) is 1. The summed E-state index contributed by atoms with van der Waals surface area (Å²) >= 11 is 0. The predicted octanol–water partition coefficient (Wildman–Crippen LogP) is 4.17. The Morgan fingerprint density at radius 2 is 1.86 bits per heavy atom. The van der Waals surface area contributed by atoms with Crippen LogP contribution in [0, 0.1) is 5.82 Å². The van der Waals surface area contributed by atoms with E-state index in [1.165, 1.54) is 22.8 Å². The second kappa shape index (κ2) is 10.9. The van der Waals surface area contributed by atoms with Gasteiger partial charge in [0.15, 0.2) is 0 Å². The van der Waals surface area contributed by atoms with Gasteiger partial charge in [0, 0.05) is 37.1 Å². The van der Waals surface area contributed by atoms with Gasteiger partial charge >= 0.3 is 13.0 Å². The molecule has 0 bridgehead atoms. The van der Waals surface area contributed by atoms with Gasteiger partial charge in [-0.3, -0.25) is 0 Å². The van der Waals surface area contributed by atoms with E-state index in [2.05, 4.69) is 30.2 Å². The fraction of sp³-hybridized carbons (Fsp3) is 0.429. The minimum atomic E-state index is -3.64. The minimum absolute atomic E-state index is 0.0442. The number of benzene rings is 1. The van der Waals surface area contributed by atoms with Crippen molar-refractivity contribution < 1.29 is 39.5 Å². The molecule has 10 nitrogen and oxygen atoms in total. The van der Waals surface area contributed by atoms with Crippen molar-refractivity contribution in [3.05, 3.63) is 47.9 Å². The quantitative estimate of drug-likeness (QED) is 0.332. The highest BCUT2D eigenvalue weighted by Crippen LogP contribution is 2.33. The number of nitrogens with zero attached hydrogens (tertiary/aromatic N) is 5. The van der Waals surface area contributed by atoms with Gasteiger partial charge in [-0.15, -0.1) is 10.2 Å². The van der Waals surface area contributed by atoms with E-state index in [1.54, 1.807) is 6.92 Å². The molecule has 16 heteroatoms. The third-order valence-electron chi connectivity index (χ3n) is 5.45. The summed E-state index contributed by atoms with van der Waals surface area (Å²) in [4.78, 5) is 8.10. The van der Waals surface area contributed by atoms with Crippen molar-refractivity contribution in [1.29, 1.82) is 0 Å². The Labute approximate surface area is 207 Å². The second-order valence-electron chi connectivity index (χ2n) is 8.00. The van der Waals surface area contributed by atoms with Crippen LogP contribution in [-0.2, 0) is 10.0 Å². The van der Waals surface area contributed by atoms with Gasteiger partial charge in [-0.1, -0.05) is 13.0 Å². The summed E-state index contributed by atoms with van der Waals surface area (Å²) in [7, 11) is -3.64. The van der Waals surface area contributed by atoms with Crippen LogP contribution in [0.2, 0.25) is 0 Å². The highest BCUT2D eigenvalue weighted by atomic mass is 32.2. The number of hydrogen-bond acceptors (Lipinski definition) is 9. The molecule has 2 aromatic heterocycles. The first kappa shape index (κ1) is 26.7. The molecular formula is C21H21F5N6O4S. The number of nitrogens with one attached hydrogen (secondary N) is 1. The zero-order chi connectivity index (χ0) is 26.7. The van der Waals surface area contributed by atoms with E-state index < -0.39 is 51.8 Å². The van der Waals surface area contributed by atoms with Crippen LogP contribution in [0.3, 0.4) is 0 Å². The van der Waals surface area contributed by atoms with Crippen LogP contribution < -0.4 is 10.1 Å². The number of ether oxygens (including phenoxy) is 1. The number of likely N-dealkylation sites (N-methyl/N-ethyl adjacent to an activating group) is 1. The first-order valence-corrected chi connectivity index (χ1v) is 12.5. The predicted molar refractivity (Wildman–Crippen MR) is 119 cm³/mol. The molecule has 200 valence electrons. The van der Waals surface area contributed by atoms with Gasteiger partial charge in [-0.25, -0.2) is 22.8 Å². The average Bonchev–Trinajstić information content (AvgIpc) is 3.59. The van der Waals surface area contributed by atoms with Crippen LogP contribution in [0.25, 0.3) is 11.5 Å². The van der Waals surface area contributed by atoms with Crippen molar-refractivity contribution in [1.82, 2.24) is 24.5 Å². The summed E-state index contributed by atoms with van der Waals surface area (Å²) in [5.41, 5.74) is 0.0879. The maximum absolute atomic E-state index is 15.0. The molecule has 4 rings (SSSR count). The molecule has 0 amide bonds. The standard InChI is InChI=1S/C21H21F5N6O4S/c1-2-32(37(33,34)13-4-5-13)10-16(14-6-3-12(7-15(14)22)35-20(25)26)29-21-27-8-11(9-28-21)18-30-31-19(36-18)17(23)24/h3,6-9,13,16-17,20H,2,4-5,10H2,1H3,(H,27,28,29). The SMILES string of the molecule is CCN(CC(Nc1ncc(-c2nnc(C(F)F)o2)cn1)c1ccc(OC(F)F)cc1F)S(=O)(=O)C1CC1. The van der Waals surface area contributed by atoms with Crippen LogP contribution in [0.4, 0.5) is 27.9 Å². The van der Waals surface area contributed by atoms with E-state index in [9.17, 15) is 30.4 Å². The summed E-state index contributed by atoms with van der Waals surface area (Å²) < 4.78 is 101. The summed E-state index contributed by atoms with van der Waals surface area (Å²) in [5, 5.41) is 9.06. The molecule has 1 saturated carbocycles. The Kier molecular flexibility index (Phi) is 7.87. The first-order chi connectivity index (χ1) is 17.6. The van der Waals surface area contributed by atoms with E-state index >= 15 is 0 Å². The van der Waals surface area contributed by atoms with Crippen molar-refractivity contribution in [2.24, 2.45) is 0 Å². The molecule has 2 heterocycles. The van der Waals surface area contributed by atoms with Crippen molar-refractivity contribution in [2.45, 2.75) is 44.1 Å².